The zero-order valence-electron chi connectivity index (χ0n) is 41.7. The van der Waals surface area contributed by atoms with E-state index in [1.54, 1.807) is 24.3 Å². The molecule has 3 rings (SSSR count). The van der Waals surface area contributed by atoms with E-state index < -0.39 is 36.2 Å². The molecular formula is C49H85Cl5FN3O2W3-6. The number of benzene rings is 3. The second kappa shape index (κ2) is 52.8. The molecule has 14 heteroatoms. The first-order valence-corrected chi connectivity index (χ1v) is 27.4. The molecule has 0 aliphatic rings. The Hall–Kier alpha value is -0.115. The summed E-state index contributed by atoms with van der Waals surface area (Å²) >= 11 is -2.42. The molecule has 0 atom stereocenters. The van der Waals surface area contributed by atoms with Gasteiger partial charge < -0.3 is 41.5 Å². The van der Waals surface area contributed by atoms with Crippen molar-refractivity contribution in [2.75, 3.05) is 0 Å². The van der Waals surface area contributed by atoms with Gasteiger partial charge in [-0.2, -0.15) is 37.5 Å². The number of hydrogen-bond donors (Lipinski definition) is 0. The predicted octanol–water partition coefficient (Wildman–Crippen LogP) is 19.6. The van der Waals surface area contributed by atoms with E-state index in [0.29, 0.717) is 25.5 Å². The van der Waals surface area contributed by atoms with Crippen LogP contribution in [0.1, 0.15) is 125 Å². The number of nitrogens with zero attached hydrogens (tertiary/aromatic N) is 3. The molecule has 374 valence electrons. The maximum absolute atomic E-state index is 11.7. The molecular weight excluding hydrogens is 1410 g/mol. The van der Waals surface area contributed by atoms with Gasteiger partial charge in [-0.25, -0.2) is 4.79 Å². The van der Waals surface area contributed by atoms with Crippen LogP contribution < -0.4 is 0 Å². The van der Waals surface area contributed by atoms with Crippen molar-refractivity contribution in [1.82, 2.24) is 0 Å². The van der Waals surface area contributed by atoms with Crippen molar-refractivity contribution in [1.29, 1.82) is 0 Å². The molecule has 3 aromatic carbocycles. The minimum absolute atomic E-state index is 0. The van der Waals surface area contributed by atoms with Crippen LogP contribution in [0.15, 0.2) is 103 Å². The zero-order valence-corrected chi connectivity index (χ0v) is 54.5. The molecule has 0 aliphatic heterocycles. The number of halogens is 6. The Kier molecular flexibility index (Phi) is 75.0. The summed E-state index contributed by atoms with van der Waals surface area (Å²) in [6, 6.07) is 28.0. The fourth-order valence-electron chi connectivity index (χ4n) is 1.61. The molecule has 63 heavy (non-hydrogen) atoms. The normalized spacial score (nSPS) is 9.87. The summed E-state index contributed by atoms with van der Waals surface area (Å²) in [6.45, 7) is 60.0. The fourth-order valence-corrected chi connectivity index (χ4v) is 3.71. The third-order valence-electron chi connectivity index (χ3n) is 2.72. The zero-order chi connectivity index (χ0) is 48.6. The van der Waals surface area contributed by atoms with Gasteiger partial charge in [0.15, 0.2) is 0 Å². The van der Waals surface area contributed by atoms with E-state index in [-0.39, 0.29) is 82.1 Å². The number of carbonyl (C=O) groups excluding carboxylic acids is 1. The Morgan fingerprint density at radius 1 is 0.444 bits per heavy atom. The Labute approximate surface area is 447 Å². The standard InChI is InChI=1S/C7H5NO.2C6H5N.6C5H11.5ClH.FH.O.3W/c9-6-8-7-4-2-1-3-5-7;2*7-6-4-2-1-3-5-6;6*1-5(2,3)4;;;;;;;;;;/h1-5H;2*1-5H;6*1H2,2-4H3;6*1H;;;;/q;;;6*-1;;;;;;;;;2*+1/p-2. The Morgan fingerprint density at radius 3 is 0.778 bits per heavy atom. The number of hydrogen-bond acceptors (Lipinski definition) is 5. The molecule has 0 heterocycles. The first-order chi connectivity index (χ1) is 26.3. The van der Waals surface area contributed by atoms with Gasteiger partial charge in [0.25, 0.3) is 0 Å². The molecule has 0 unspecified atom stereocenters. The van der Waals surface area contributed by atoms with E-state index in [4.69, 9.17) is 12.8 Å². The van der Waals surface area contributed by atoms with E-state index in [1.165, 1.54) is 6.08 Å². The molecule has 0 bridgehead atoms. The summed E-state index contributed by atoms with van der Waals surface area (Å²) < 4.78 is 27.9. The van der Waals surface area contributed by atoms with Gasteiger partial charge in [-0.1, -0.05) is 143 Å². The van der Waals surface area contributed by atoms with E-state index in [1.807, 2.05) is 66.7 Å². The van der Waals surface area contributed by atoms with Crippen molar-refractivity contribution in [2.24, 2.45) is 44.5 Å². The summed E-state index contributed by atoms with van der Waals surface area (Å²) in [6.07, 6.45) is 1.46. The van der Waals surface area contributed by atoms with Gasteiger partial charge in [-0.3, -0.25) is 0 Å². The SMILES string of the molecule is Cl.Cl.Cl.Cl.O=C=Nc1ccccc1.[CH2-]C(C)(C)C.[CH2-]C(C)(C)C.[CH2-]C(C)(C)C.[CH2-]C(C)(C)C.[CH2-]C(C)(C)C.[CH2-]C(C)(C)C.[Cl][W]=[N]c1ccccc1.[F][W]=[N]c1ccccc1.[O]=[W]. The summed E-state index contributed by atoms with van der Waals surface area (Å²) in [7, 11) is 5.54. The third-order valence-corrected chi connectivity index (χ3v) is 5.30. The molecule has 0 aromatic heterocycles. The predicted molar refractivity (Wildman–Crippen MR) is 277 cm³/mol. The van der Waals surface area contributed by atoms with Gasteiger partial charge in [-0.05, 0) is 12.1 Å². The van der Waals surface area contributed by atoms with Crippen LogP contribution in [0.4, 0.5) is 20.2 Å². The van der Waals surface area contributed by atoms with Gasteiger partial charge in [0.05, 0.1) is 5.69 Å². The summed E-state index contributed by atoms with van der Waals surface area (Å²) in [4.78, 5) is 13.1. The summed E-state index contributed by atoms with van der Waals surface area (Å²) in [5, 5.41) is 0. The molecule has 5 nitrogen and oxygen atoms in total. The molecule has 0 radical (unpaired) electrons. The first-order valence-electron chi connectivity index (χ1n) is 18.8. The van der Waals surface area contributed by atoms with Crippen molar-refractivity contribution in [3.05, 3.63) is 133 Å². The minimum atomic E-state index is -1.86. The second-order valence-corrected chi connectivity index (χ2v) is 23.3. The molecule has 0 saturated carbocycles. The van der Waals surface area contributed by atoms with Crippen LogP contribution in [-0.2, 0) is 64.2 Å². The van der Waals surface area contributed by atoms with E-state index in [0.717, 1.165) is 11.4 Å². The number of rotatable bonds is 3. The molecule has 0 spiro atoms. The second-order valence-electron chi connectivity index (χ2n) is 19.9. The third kappa shape index (κ3) is 205. The van der Waals surface area contributed by atoms with Crippen LogP contribution in [-0.4, -0.2) is 6.08 Å². The molecule has 3 aromatic rings. The molecule has 0 amide bonds. The average molecular weight is 1500 g/mol. The average Bonchev–Trinajstić information content (AvgIpc) is 3.00. The van der Waals surface area contributed by atoms with Gasteiger partial charge in [-0.15, -0.1) is 49.6 Å². The molecule has 0 fully saturated rings. The van der Waals surface area contributed by atoms with E-state index >= 15 is 0 Å². The van der Waals surface area contributed by atoms with E-state index in [9.17, 15) is 7.95 Å². The Balaban J connectivity index is -0.0000000537. The van der Waals surface area contributed by atoms with Crippen molar-refractivity contribution in [3.63, 3.8) is 0 Å². The van der Waals surface area contributed by atoms with Gasteiger partial charge in [0, 0.05) is 0 Å². The van der Waals surface area contributed by atoms with Gasteiger partial charge >= 0.3 is 151 Å². The summed E-state index contributed by atoms with van der Waals surface area (Å²) in [5.74, 6) is 0. The van der Waals surface area contributed by atoms with Crippen molar-refractivity contribution >= 4 is 82.2 Å². The van der Waals surface area contributed by atoms with Crippen molar-refractivity contribution < 1.29 is 67.4 Å². The van der Waals surface area contributed by atoms with Crippen LogP contribution in [0.3, 0.4) is 0 Å². The van der Waals surface area contributed by atoms with Gasteiger partial charge in [0.2, 0.25) is 6.08 Å². The molecule has 0 N–H and O–H groups in total. The van der Waals surface area contributed by atoms with Crippen LogP contribution in [0.2, 0.25) is 0 Å². The van der Waals surface area contributed by atoms with Crippen LogP contribution in [0.25, 0.3) is 0 Å². The topological polar surface area (TPSA) is 71.2 Å². The van der Waals surface area contributed by atoms with Crippen molar-refractivity contribution in [2.45, 2.75) is 125 Å². The van der Waals surface area contributed by atoms with Crippen LogP contribution in [0.5, 0.6) is 0 Å². The van der Waals surface area contributed by atoms with Crippen LogP contribution in [0, 0.1) is 74.0 Å². The first kappa shape index (κ1) is 89.5. The monoisotopic (exact) mass is 1490 g/mol. The number of para-hydroxylation sites is 1. The van der Waals surface area contributed by atoms with Gasteiger partial charge in [0.1, 0.15) is 0 Å². The summed E-state index contributed by atoms with van der Waals surface area (Å²) in [5.41, 5.74) is 3.93. The maximum atomic E-state index is 11.7. The van der Waals surface area contributed by atoms with Crippen LogP contribution >= 0.6 is 59.0 Å². The number of isocyanates is 1. The van der Waals surface area contributed by atoms with E-state index in [2.05, 4.69) is 178 Å². The quantitative estimate of drug-likeness (QED) is 0.149. The molecule has 0 aliphatic carbocycles. The van der Waals surface area contributed by atoms with Crippen molar-refractivity contribution in [3.8, 4) is 0 Å². The molecule has 0 saturated heterocycles. The Bertz CT molecular complexity index is 1250. The number of aliphatic imine (C=N–C) groups is 1. The fraction of sp³-hybridized carbons (Fsp3) is 0.490. The Morgan fingerprint density at radius 2 is 0.619 bits per heavy atom.